The first-order valence-electron chi connectivity index (χ1n) is 11.2. The van der Waals surface area contributed by atoms with Gasteiger partial charge in [-0.05, 0) is 73.5 Å². The molecule has 10 heteroatoms. The van der Waals surface area contributed by atoms with Crippen molar-refractivity contribution < 1.29 is 22.3 Å². The van der Waals surface area contributed by atoms with Crippen LogP contribution in [-0.2, 0) is 16.6 Å². The van der Waals surface area contributed by atoms with Gasteiger partial charge in [0, 0.05) is 35.1 Å². The smallest absolute Gasteiger partial charge is 0.267 e. The minimum atomic E-state index is -3.79. The fourth-order valence-electron chi connectivity index (χ4n) is 4.41. The van der Waals surface area contributed by atoms with Crippen LogP contribution in [0.2, 0.25) is 10.0 Å². The van der Waals surface area contributed by atoms with Gasteiger partial charge < -0.3 is 4.74 Å². The maximum atomic E-state index is 14.7. The third kappa shape index (κ3) is 6.84. The molecule has 2 aromatic rings. The highest BCUT2D eigenvalue weighted by Crippen LogP contribution is 2.45. The number of sulfonamides is 1. The highest BCUT2D eigenvalue weighted by Gasteiger charge is 2.30. The molecule has 1 atom stereocenters. The van der Waals surface area contributed by atoms with Gasteiger partial charge >= 0.3 is 0 Å². The van der Waals surface area contributed by atoms with Crippen LogP contribution in [0.1, 0.15) is 53.1 Å². The Morgan fingerprint density at radius 3 is 2.50 bits per heavy atom. The topological polar surface area (TPSA) is 75.7 Å². The number of nitrogens with one attached hydrogen (secondary N) is 1. The number of amides is 1. The van der Waals surface area contributed by atoms with Crippen LogP contribution < -0.4 is 9.46 Å². The summed E-state index contributed by atoms with van der Waals surface area (Å²) in [5.41, 5.74) is 1.52. The quantitative estimate of drug-likeness (QED) is 0.522. The monoisotopic (exact) mass is 528 g/mol. The molecule has 1 heterocycles. The maximum absolute atomic E-state index is 14.7. The van der Waals surface area contributed by atoms with Crippen molar-refractivity contribution >= 4 is 39.1 Å². The summed E-state index contributed by atoms with van der Waals surface area (Å²) in [6.07, 6.45) is 4.74. The SMILES string of the molecule is CS(=O)(=O)NC(=O)c1cc(C2CC2)c(OC[C@H]2CCCN(Cc3cc(Cl)cc(Cl)c3)C2)cc1F. The van der Waals surface area contributed by atoms with Crippen molar-refractivity contribution in [2.45, 2.75) is 38.1 Å². The molecule has 0 bridgehead atoms. The van der Waals surface area contributed by atoms with Crippen LogP contribution in [0.3, 0.4) is 0 Å². The van der Waals surface area contributed by atoms with E-state index >= 15 is 0 Å². The van der Waals surface area contributed by atoms with Crippen LogP contribution in [0.5, 0.6) is 5.75 Å². The van der Waals surface area contributed by atoms with Gasteiger partial charge in [-0.2, -0.15) is 0 Å². The fourth-order valence-corrected chi connectivity index (χ4v) is 5.42. The van der Waals surface area contributed by atoms with Crippen LogP contribution in [0.4, 0.5) is 4.39 Å². The number of hydrogen-bond donors (Lipinski definition) is 1. The van der Waals surface area contributed by atoms with E-state index in [0.29, 0.717) is 22.4 Å². The predicted octanol–water partition coefficient (Wildman–Crippen LogP) is 4.99. The number of likely N-dealkylation sites (tertiary alicyclic amines) is 1. The zero-order chi connectivity index (χ0) is 24.5. The number of ether oxygens (including phenoxy) is 1. The molecule has 0 spiro atoms. The second-order valence-electron chi connectivity index (χ2n) is 9.18. The molecule has 2 aromatic carbocycles. The molecular weight excluding hydrogens is 502 g/mol. The molecule has 0 aromatic heterocycles. The zero-order valence-corrected chi connectivity index (χ0v) is 21.1. The van der Waals surface area contributed by atoms with Crippen molar-refractivity contribution in [3.05, 3.63) is 62.9 Å². The van der Waals surface area contributed by atoms with Crippen molar-refractivity contribution in [2.75, 3.05) is 26.0 Å². The Morgan fingerprint density at radius 1 is 1.15 bits per heavy atom. The highest BCUT2D eigenvalue weighted by molar-refractivity contribution is 7.89. The lowest BCUT2D eigenvalue weighted by Gasteiger charge is -2.33. The lowest BCUT2D eigenvalue weighted by molar-refractivity contribution is 0.0977. The number of piperidine rings is 1. The lowest BCUT2D eigenvalue weighted by Crippen LogP contribution is -2.37. The molecule has 6 nitrogen and oxygen atoms in total. The largest absolute Gasteiger partial charge is 0.493 e. The summed E-state index contributed by atoms with van der Waals surface area (Å²) in [4.78, 5) is 14.6. The van der Waals surface area contributed by atoms with Gasteiger partial charge in [0.05, 0.1) is 18.4 Å². The van der Waals surface area contributed by atoms with E-state index in [4.69, 9.17) is 27.9 Å². The number of halogens is 3. The Labute approximate surface area is 209 Å². The summed E-state index contributed by atoms with van der Waals surface area (Å²) in [5, 5.41) is 1.23. The lowest BCUT2D eigenvalue weighted by atomic mass is 9.98. The molecule has 2 aliphatic rings. The number of nitrogens with zero attached hydrogens (tertiary/aromatic N) is 1. The summed E-state index contributed by atoms with van der Waals surface area (Å²) < 4.78 is 45.4. The van der Waals surface area contributed by atoms with Gasteiger partial charge in [0.2, 0.25) is 10.0 Å². The normalized spacial score (nSPS) is 19.1. The molecule has 4 rings (SSSR count). The predicted molar refractivity (Wildman–Crippen MR) is 131 cm³/mol. The van der Waals surface area contributed by atoms with E-state index in [-0.39, 0.29) is 17.4 Å². The van der Waals surface area contributed by atoms with Crippen LogP contribution >= 0.6 is 23.2 Å². The summed E-state index contributed by atoms with van der Waals surface area (Å²) in [5.74, 6) is -0.890. The van der Waals surface area contributed by atoms with Gasteiger partial charge in [0.25, 0.3) is 5.91 Å². The van der Waals surface area contributed by atoms with E-state index in [1.165, 1.54) is 12.1 Å². The van der Waals surface area contributed by atoms with Gasteiger partial charge in [-0.3, -0.25) is 9.69 Å². The zero-order valence-electron chi connectivity index (χ0n) is 18.8. The molecule has 184 valence electrons. The molecule has 0 unspecified atom stereocenters. The number of carbonyl (C=O) groups is 1. The van der Waals surface area contributed by atoms with Gasteiger partial charge in [-0.15, -0.1) is 0 Å². The van der Waals surface area contributed by atoms with Gasteiger partial charge in [-0.25, -0.2) is 17.5 Å². The minimum Gasteiger partial charge on any atom is -0.493 e. The van der Waals surface area contributed by atoms with Crippen molar-refractivity contribution in [3.63, 3.8) is 0 Å². The van der Waals surface area contributed by atoms with Crippen LogP contribution in [0.15, 0.2) is 30.3 Å². The minimum absolute atomic E-state index is 0.191. The average molecular weight is 529 g/mol. The van der Waals surface area contributed by atoms with Crippen molar-refractivity contribution in [2.24, 2.45) is 5.92 Å². The van der Waals surface area contributed by atoms with E-state index in [9.17, 15) is 17.6 Å². The highest BCUT2D eigenvalue weighted by atomic mass is 35.5. The van der Waals surface area contributed by atoms with E-state index in [2.05, 4.69) is 4.90 Å². The number of benzene rings is 2. The fraction of sp³-hybridized carbons (Fsp3) is 0.458. The molecular formula is C24H27Cl2FN2O4S. The van der Waals surface area contributed by atoms with Gasteiger partial charge in [0.1, 0.15) is 11.6 Å². The van der Waals surface area contributed by atoms with Crippen molar-refractivity contribution in [1.82, 2.24) is 9.62 Å². The summed E-state index contributed by atoms with van der Waals surface area (Å²) in [7, 11) is -3.79. The van der Waals surface area contributed by atoms with Crippen molar-refractivity contribution in [1.29, 1.82) is 0 Å². The molecule has 1 saturated heterocycles. The number of hydrogen-bond acceptors (Lipinski definition) is 5. The molecule has 2 fully saturated rings. The molecule has 1 amide bonds. The summed E-state index contributed by atoms with van der Waals surface area (Å²) in [6.45, 7) is 2.97. The summed E-state index contributed by atoms with van der Waals surface area (Å²) >= 11 is 12.3. The molecule has 1 aliphatic heterocycles. The van der Waals surface area contributed by atoms with Crippen LogP contribution in [0.25, 0.3) is 0 Å². The van der Waals surface area contributed by atoms with Gasteiger partial charge in [0.15, 0.2) is 0 Å². The molecule has 34 heavy (non-hydrogen) atoms. The van der Waals surface area contributed by atoms with Crippen LogP contribution in [-0.4, -0.2) is 45.2 Å². The Kier molecular flexibility index (Phi) is 7.72. The third-order valence-corrected chi connectivity index (χ3v) is 7.04. The molecule has 1 aliphatic carbocycles. The second-order valence-corrected chi connectivity index (χ2v) is 11.8. The second kappa shape index (κ2) is 10.4. The number of rotatable bonds is 8. The first-order valence-corrected chi connectivity index (χ1v) is 13.9. The average Bonchev–Trinajstić information content (AvgIpc) is 3.55. The Hall–Kier alpha value is -1.87. The first-order chi connectivity index (χ1) is 16.1. The summed E-state index contributed by atoms with van der Waals surface area (Å²) in [6, 6.07) is 8.18. The van der Waals surface area contributed by atoms with Crippen molar-refractivity contribution in [3.8, 4) is 5.75 Å². The van der Waals surface area contributed by atoms with Crippen LogP contribution in [0, 0.1) is 11.7 Å². The van der Waals surface area contributed by atoms with Gasteiger partial charge in [-0.1, -0.05) is 23.2 Å². The molecule has 1 saturated carbocycles. The first kappa shape index (κ1) is 25.2. The third-order valence-electron chi connectivity index (χ3n) is 6.05. The Balaban J connectivity index is 1.42. The molecule has 1 N–H and O–H groups in total. The molecule has 0 radical (unpaired) electrons. The van der Waals surface area contributed by atoms with E-state index < -0.39 is 21.7 Å². The van der Waals surface area contributed by atoms with E-state index in [1.54, 1.807) is 6.07 Å². The maximum Gasteiger partial charge on any atom is 0.267 e. The standard InChI is InChI=1S/C24H27Cl2FN2O4S/c1-34(31,32)28-24(30)21-10-20(17-4-5-17)23(11-22(21)27)33-14-15-3-2-6-29(12-15)13-16-7-18(25)9-19(26)8-16/h7-11,15,17H,2-6,12-14H2,1H3,(H,28,30)/t15-/m0/s1. The van der Waals surface area contributed by atoms with E-state index in [1.807, 2.05) is 16.9 Å². The number of carbonyl (C=O) groups excluding carboxylic acids is 1. The Bertz CT molecular complexity index is 1170. The Morgan fingerprint density at radius 2 is 1.85 bits per heavy atom. The van der Waals surface area contributed by atoms with E-state index in [0.717, 1.165) is 62.7 Å².